The molecule has 0 saturated carbocycles. The highest BCUT2D eigenvalue weighted by atomic mass is 16.2. The first-order chi connectivity index (χ1) is 9.17. The first kappa shape index (κ1) is 15.3. The quantitative estimate of drug-likeness (QED) is 0.796. The molecule has 1 aromatic rings. The number of aliphatic hydroxyl groups excluding tert-OH is 1. The Morgan fingerprint density at radius 1 is 1.37 bits per heavy atom. The lowest BCUT2D eigenvalue weighted by atomic mass is 10.1. The summed E-state index contributed by atoms with van der Waals surface area (Å²) < 4.78 is 0. The van der Waals surface area contributed by atoms with Crippen LogP contribution in [-0.2, 0) is 0 Å². The van der Waals surface area contributed by atoms with Gasteiger partial charge in [-0.2, -0.15) is 0 Å². The largest absolute Gasteiger partial charge is 0.395 e. The van der Waals surface area contributed by atoms with Crippen LogP contribution in [0.4, 0.5) is 0 Å². The second kappa shape index (κ2) is 8.34. The summed E-state index contributed by atoms with van der Waals surface area (Å²) in [4.78, 5) is 11.9. The van der Waals surface area contributed by atoms with Crippen molar-refractivity contribution in [1.29, 1.82) is 0 Å². The summed E-state index contributed by atoms with van der Waals surface area (Å²) >= 11 is 0. The monoisotopic (exact) mass is 259 g/mol. The van der Waals surface area contributed by atoms with Crippen LogP contribution < -0.4 is 5.32 Å². The molecule has 0 aliphatic rings. The average molecular weight is 259 g/mol. The molecular formula is C16H21NO2. The van der Waals surface area contributed by atoms with Crippen LogP contribution in [0, 0.1) is 17.8 Å². The molecule has 0 spiro atoms. The first-order valence-electron chi connectivity index (χ1n) is 6.65. The smallest absolute Gasteiger partial charge is 0.251 e. The molecular weight excluding hydrogens is 238 g/mol. The Morgan fingerprint density at radius 2 is 2.05 bits per heavy atom. The molecule has 1 aromatic carbocycles. The lowest BCUT2D eigenvalue weighted by Crippen LogP contribution is -2.27. The van der Waals surface area contributed by atoms with Crippen LogP contribution in [0.1, 0.15) is 42.6 Å². The van der Waals surface area contributed by atoms with Crippen LogP contribution in [0.2, 0.25) is 0 Å². The third-order valence-electron chi connectivity index (χ3n) is 2.92. The van der Waals surface area contributed by atoms with Gasteiger partial charge in [0.25, 0.3) is 5.91 Å². The Bertz CT molecular complexity index is 454. The Labute approximate surface area is 115 Å². The van der Waals surface area contributed by atoms with Gasteiger partial charge >= 0.3 is 0 Å². The van der Waals surface area contributed by atoms with Gasteiger partial charge in [-0.1, -0.05) is 32.1 Å². The van der Waals surface area contributed by atoms with Crippen molar-refractivity contribution in [2.45, 2.75) is 26.7 Å². The molecule has 0 aromatic heterocycles. The van der Waals surface area contributed by atoms with E-state index >= 15 is 0 Å². The molecule has 0 aliphatic heterocycles. The van der Waals surface area contributed by atoms with Crippen molar-refractivity contribution < 1.29 is 9.90 Å². The van der Waals surface area contributed by atoms with Gasteiger partial charge in [-0.3, -0.25) is 4.79 Å². The van der Waals surface area contributed by atoms with Crippen molar-refractivity contribution in [3.63, 3.8) is 0 Å². The zero-order valence-corrected chi connectivity index (χ0v) is 11.6. The normalized spacial score (nSPS) is 11.3. The number of aliphatic hydroxyl groups is 1. The second-order valence-electron chi connectivity index (χ2n) is 4.58. The second-order valence-corrected chi connectivity index (χ2v) is 4.58. The molecule has 0 aliphatic carbocycles. The summed E-state index contributed by atoms with van der Waals surface area (Å²) in [6, 6.07) is 7.19. The number of nitrogens with one attached hydrogen (secondary N) is 1. The number of rotatable bonds is 5. The molecule has 0 saturated heterocycles. The third kappa shape index (κ3) is 5.58. The molecule has 1 unspecified atom stereocenters. The van der Waals surface area contributed by atoms with Gasteiger partial charge in [0.05, 0.1) is 6.61 Å². The molecule has 102 valence electrons. The van der Waals surface area contributed by atoms with Crippen LogP contribution >= 0.6 is 0 Å². The van der Waals surface area contributed by atoms with E-state index in [0.717, 1.165) is 12.0 Å². The molecule has 3 heteroatoms. The van der Waals surface area contributed by atoms with E-state index in [1.165, 1.54) is 0 Å². The molecule has 19 heavy (non-hydrogen) atoms. The molecule has 1 amide bonds. The highest BCUT2D eigenvalue weighted by molar-refractivity contribution is 5.94. The molecule has 0 fully saturated rings. The summed E-state index contributed by atoms with van der Waals surface area (Å²) in [7, 11) is 0. The van der Waals surface area contributed by atoms with Crippen molar-refractivity contribution >= 4 is 5.91 Å². The van der Waals surface area contributed by atoms with Gasteiger partial charge in [0.1, 0.15) is 0 Å². The van der Waals surface area contributed by atoms with Crippen molar-refractivity contribution in [1.82, 2.24) is 5.32 Å². The van der Waals surface area contributed by atoms with E-state index in [1.54, 1.807) is 12.1 Å². The average Bonchev–Trinajstić information content (AvgIpc) is 2.45. The van der Waals surface area contributed by atoms with Crippen molar-refractivity contribution in [3.05, 3.63) is 35.4 Å². The maximum Gasteiger partial charge on any atom is 0.251 e. The Kier molecular flexibility index (Phi) is 6.70. The number of benzene rings is 1. The van der Waals surface area contributed by atoms with Gasteiger partial charge in [0.15, 0.2) is 0 Å². The zero-order valence-electron chi connectivity index (χ0n) is 11.6. The Balaban J connectivity index is 2.56. The van der Waals surface area contributed by atoms with Crippen LogP contribution in [0.5, 0.6) is 0 Å². The fraction of sp³-hybridized carbons (Fsp3) is 0.438. The number of amides is 1. The van der Waals surface area contributed by atoms with Crippen molar-refractivity contribution in [2.75, 3.05) is 13.2 Å². The number of hydrogen-bond donors (Lipinski definition) is 2. The summed E-state index contributed by atoms with van der Waals surface area (Å²) in [6.07, 6.45) is 1.52. The van der Waals surface area contributed by atoms with E-state index in [2.05, 4.69) is 31.0 Å². The molecule has 0 heterocycles. The summed E-state index contributed by atoms with van der Waals surface area (Å²) in [5.41, 5.74) is 1.50. The van der Waals surface area contributed by atoms with E-state index in [-0.39, 0.29) is 12.5 Å². The van der Waals surface area contributed by atoms with Gasteiger partial charge < -0.3 is 10.4 Å². The highest BCUT2D eigenvalue weighted by Gasteiger charge is 2.06. The lowest BCUT2D eigenvalue weighted by Gasteiger charge is -2.10. The highest BCUT2D eigenvalue weighted by Crippen LogP contribution is 2.04. The predicted octanol–water partition coefficient (Wildman–Crippen LogP) is 2.20. The van der Waals surface area contributed by atoms with E-state index in [9.17, 15) is 4.79 Å². The van der Waals surface area contributed by atoms with E-state index in [0.29, 0.717) is 24.4 Å². The van der Waals surface area contributed by atoms with Gasteiger partial charge in [-0.05, 0) is 30.2 Å². The Hall–Kier alpha value is -1.79. The van der Waals surface area contributed by atoms with Crippen LogP contribution in [0.25, 0.3) is 0 Å². The third-order valence-corrected chi connectivity index (χ3v) is 2.92. The molecule has 2 N–H and O–H groups in total. The Morgan fingerprint density at radius 3 is 2.63 bits per heavy atom. The van der Waals surface area contributed by atoms with Gasteiger partial charge in [-0.25, -0.2) is 0 Å². The summed E-state index contributed by atoms with van der Waals surface area (Å²) in [6.45, 7) is 4.99. The van der Waals surface area contributed by atoms with E-state index in [1.807, 2.05) is 12.1 Å². The van der Waals surface area contributed by atoms with E-state index < -0.39 is 0 Å². The van der Waals surface area contributed by atoms with Crippen LogP contribution in [-0.4, -0.2) is 24.2 Å². The first-order valence-corrected chi connectivity index (χ1v) is 6.65. The van der Waals surface area contributed by atoms with E-state index in [4.69, 9.17) is 5.11 Å². The number of carbonyl (C=O) groups excluding carboxylic acids is 1. The van der Waals surface area contributed by atoms with Gasteiger partial charge in [0, 0.05) is 24.1 Å². The zero-order chi connectivity index (χ0) is 14.1. The fourth-order valence-electron chi connectivity index (χ4n) is 1.44. The molecule has 1 rings (SSSR count). The van der Waals surface area contributed by atoms with Crippen LogP contribution in [0.15, 0.2) is 24.3 Å². The molecule has 3 nitrogen and oxygen atoms in total. The summed E-state index contributed by atoms with van der Waals surface area (Å²) in [5, 5.41) is 11.5. The fourth-order valence-corrected chi connectivity index (χ4v) is 1.44. The topological polar surface area (TPSA) is 49.3 Å². The van der Waals surface area contributed by atoms with Gasteiger partial charge in [0.2, 0.25) is 0 Å². The summed E-state index contributed by atoms with van der Waals surface area (Å²) in [5.74, 6) is 6.22. The molecule has 1 atom stereocenters. The van der Waals surface area contributed by atoms with Crippen molar-refractivity contribution in [3.8, 4) is 11.8 Å². The maximum atomic E-state index is 11.9. The molecule has 0 bridgehead atoms. The SMILES string of the molecule is CCC(C)CNC(=O)c1ccc(C#CCCO)cc1. The standard InChI is InChI=1S/C16H21NO2/c1-3-13(2)12-17-16(19)15-9-7-14(8-10-15)6-4-5-11-18/h7-10,13,18H,3,5,11-12H2,1-2H3,(H,17,19). The minimum atomic E-state index is -0.0461. The minimum absolute atomic E-state index is 0.0461. The minimum Gasteiger partial charge on any atom is -0.395 e. The van der Waals surface area contributed by atoms with Crippen LogP contribution in [0.3, 0.4) is 0 Å². The molecule has 0 radical (unpaired) electrons. The van der Waals surface area contributed by atoms with Gasteiger partial charge in [-0.15, -0.1) is 0 Å². The number of hydrogen-bond acceptors (Lipinski definition) is 2. The maximum absolute atomic E-state index is 11.9. The van der Waals surface area contributed by atoms with Crippen molar-refractivity contribution in [2.24, 2.45) is 5.92 Å². The number of carbonyl (C=O) groups is 1. The lowest BCUT2D eigenvalue weighted by molar-refractivity contribution is 0.0948. The predicted molar refractivity (Wildman–Crippen MR) is 76.8 cm³/mol.